The number of nitrogens with two attached hydrogens (primary N) is 1. The van der Waals surface area contributed by atoms with Crippen molar-refractivity contribution in [3.8, 4) is 11.3 Å². The number of amides is 1. The Morgan fingerprint density at radius 3 is 2.55 bits per heavy atom. The Morgan fingerprint density at radius 1 is 1.23 bits per heavy atom. The highest BCUT2D eigenvalue weighted by molar-refractivity contribution is 5.76. The molecule has 0 spiro atoms. The summed E-state index contributed by atoms with van der Waals surface area (Å²) < 4.78 is 0. The van der Waals surface area contributed by atoms with Gasteiger partial charge in [0.25, 0.3) is 0 Å². The molecule has 1 aliphatic heterocycles. The van der Waals surface area contributed by atoms with Crippen LogP contribution in [0.4, 0.5) is 5.82 Å². The fraction of sp³-hybridized carbons (Fsp3) is 0.312. The SMILES string of the molecule is CN(CC(N)=O)C1CN(c2ccc(-c3ccccc3)nn2)C1. The number of anilines is 1. The van der Waals surface area contributed by atoms with Crippen molar-refractivity contribution in [1.29, 1.82) is 0 Å². The maximum absolute atomic E-state index is 10.9. The van der Waals surface area contributed by atoms with Gasteiger partial charge in [-0.1, -0.05) is 30.3 Å². The smallest absolute Gasteiger partial charge is 0.231 e. The van der Waals surface area contributed by atoms with Crippen LogP contribution >= 0.6 is 0 Å². The minimum Gasteiger partial charge on any atom is -0.369 e. The minimum absolute atomic E-state index is 0.289. The molecule has 1 fully saturated rings. The van der Waals surface area contributed by atoms with Crippen LogP contribution in [0.1, 0.15) is 0 Å². The highest BCUT2D eigenvalue weighted by Gasteiger charge is 2.31. The van der Waals surface area contributed by atoms with Crippen LogP contribution in [0.15, 0.2) is 42.5 Å². The Balaban J connectivity index is 1.60. The molecule has 0 aliphatic carbocycles. The quantitative estimate of drug-likeness (QED) is 0.881. The lowest BCUT2D eigenvalue weighted by Crippen LogP contribution is -2.60. The van der Waals surface area contributed by atoms with Gasteiger partial charge in [0.15, 0.2) is 5.82 Å². The van der Waals surface area contributed by atoms with Crippen LogP contribution in [0.5, 0.6) is 0 Å². The fourth-order valence-corrected chi connectivity index (χ4v) is 2.55. The largest absolute Gasteiger partial charge is 0.369 e. The van der Waals surface area contributed by atoms with Crippen LogP contribution in [0.25, 0.3) is 11.3 Å². The number of carbonyl (C=O) groups excluding carboxylic acids is 1. The van der Waals surface area contributed by atoms with Crippen LogP contribution in [-0.4, -0.2) is 53.7 Å². The van der Waals surface area contributed by atoms with E-state index in [1.54, 1.807) is 0 Å². The Kier molecular flexibility index (Phi) is 4.02. The van der Waals surface area contributed by atoms with E-state index in [1.165, 1.54) is 0 Å². The molecule has 1 aliphatic rings. The number of hydrogen-bond acceptors (Lipinski definition) is 5. The zero-order valence-corrected chi connectivity index (χ0v) is 12.5. The third-order valence-electron chi connectivity index (χ3n) is 3.93. The molecule has 0 atom stereocenters. The van der Waals surface area contributed by atoms with Crippen LogP contribution < -0.4 is 10.6 Å². The average Bonchev–Trinajstić information content (AvgIpc) is 2.46. The average molecular weight is 297 g/mol. The number of primary amides is 1. The molecule has 1 aromatic heterocycles. The maximum Gasteiger partial charge on any atom is 0.231 e. The Morgan fingerprint density at radius 2 is 1.95 bits per heavy atom. The van der Waals surface area contributed by atoms with Crippen molar-refractivity contribution in [2.45, 2.75) is 6.04 Å². The first-order chi connectivity index (χ1) is 10.6. The second kappa shape index (κ2) is 6.11. The van der Waals surface area contributed by atoms with Gasteiger partial charge in [0.2, 0.25) is 5.91 Å². The van der Waals surface area contributed by atoms with Crippen molar-refractivity contribution in [2.75, 3.05) is 31.6 Å². The lowest BCUT2D eigenvalue weighted by Gasteiger charge is -2.44. The van der Waals surface area contributed by atoms with Crippen molar-refractivity contribution >= 4 is 11.7 Å². The van der Waals surface area contributed by atoms with Crippen molar-refractivity contribution in [2.24, 2.45) is 5.73 Å². The molecule has 2 heterocycles. The van der Waals surface area contributed by atoms with Gasteiger partial charge in [-0.2, -0.15) is 0 Å². The number of benzene rings is 1. The summed E-state index contributed by atoms with van der Waals surface area (Å²) in [6.45, 7) is 1.96. The first-order valence-corrected chi connectivity index (χ1v) is 7.26. The van der Waals surface area contributed by atoms with E-state index in [-0.39, 0.29) is 12.5 Å². The van der Waals surface area contributed by atoms with E-state index in [0.717, 1.165) is 30.2 Å². The van der Waals surface area contributed by atoms with E-state index in [1.807, 2.05) is 54.4 Å². The van der Waals surface area contributed by atoms with Gasteiger partial charge in [-0.3, -0.25) is 9.69 Å². The first-order valence-electron chi connectivity index (χ1n) is 7.26. The number of rotatable bonds is 5. The van der Waals surface area contributed by atoms with Gasteiger partial charge in [0, 0.05) is 24.7 Å². The summed E-state index contributed by atoms with van der Waals surface area (Å²) in [5, 5.41) is 8.59. The summed E-state index contributed by atoms with van der Waals surface area (Å²) >= 11 is 0. The molecule has 22 heavy (non-hydrogen) atoms. The van der Waals surface area contributed by atoms with Crippen molar-refractivity contribution in [1.82, 2.24) is 15.1 Å². The van der Waals surface area contributed by atoms with Crippen molar-refractivity contribution < 1.29 is 4.79 Å². The Labute approximate surface area is 129 Å². The number of nitrogens with zero attached hydrogens (tertiary/aromatic N) is 4. The summed E-state index contributed by atoms with van der Waals surface area (Å²) in [6.07, 6.45) is 0. The van der Waals surface area contributed by atoms with Crippen LogP contribution in [0.2, 0.25) is 0 Å². The van der Waals surface area contributed by atoms with Gasteiger partial charge in [-0.15, -0.1) is 10.2 Å². The molecule has 1 saturated heterocycles. The maximum atomic E-state index is 10.9. The first kappa shape index (κ1) is 14.5. The molecular formula is C16H19N5O. The van der Waals surface area contributed by atoms with Gasteiger partial charge in [0.1, 0.15) is 0 Å². The molecule has 2 aromatic rings. The Hall–Kier alpha value is -2.47. The number of hydrogen-bond donors (Lipinski definition) is 1. The van der Waals surface area contributed by atoms with Gasteiger partial charge in [-0.25, -0.2) is 0 Å². The van der Waals surface area contributed by atoms with E-state index < -0.39 is 0 Å². The van der Waals surface area contributed by atoms with Gasteiger partial charge in [-0.05, 0) is 19.2 Å². The van der Waals surface area contributed by atoms with E-state index in [4.69, 9.17) is 5.73 Å². The van der Waals surface area contributed by atoms with E-state index in [2.05, 4.69) is 15.1 Å². The van der Waals surface area contributed by atoms with E-state index >= 15 is 0 Å². The molecule has 114 valence electrons. The molecule has 1 amide bonds. The molecule has 6 nitrogen and oxygen atoms in total. The second-order valence-electron chi connectivity index (χ2n) is 5.58. The van der Waals surface area contributed by atoms with Crippen LogP contribution in [0, 0.1) is 0 Å². The van der Waals surface area contributed by atoms with Gasteiger partial charge in [0.05, 0.1) is 12.2 Å². The molecular weight excluding hydrogens is 278 g/mol. The summed E-state index contributed by atoms with van der Waals surface area (Å²) in [6, 6.07) is 14.3. The molecule has 2 N–H and O–H groups in total. The van der Waals surface area contributed by atoms with E-state index in [0.29, 0.717) is 6.04 Å². The van der Waals surface area contributed by atoms with Gasteiger partial charge >= 0.3 is 0 Å². The van der Waals surface area contributed by atoms with Crippen molar-refractivity contribution in [3.63, 3.8) is 0 Å². The summed E-state index contributed by atoms with van der Waals surface area (Å²) in [5.41, 5.74) is 7.14. The van der Waals surface area contributed by atoms with Gasteiger partial charge < -0.3 is 10.6 Å². The molecule has 3 rings (SSSR count). The molecule has 1 aromatic carbocycles. The van der Waals surface area contributed by atoms with Crippen LogP contribution in [0.3, 0.4) is 0 Å². The molecule has 0 unspecified atom stereocenters. The molecule has 0 saturated carbocycles. The molecule has 0 bridgehead atoms. The topological polar surface area (TPSA) is 75.3 Å². The molecule has 0 radical (unpaired) electrons. The molecule has 6 heteroatoms. The zero-order chi connectivity index (χ0) is 15.5. The number of aromatic nitrogens is 2. The highest BCUT2D eigenvalue weighted by atomic mass is 16.1. The third kappa shape index (κ3) is 3.07. The number of carbonyl (C=O) groups is 1. The lowest BCUT2D eigenvalue weighted by atomic mass is 10.1. The fourth-order valence-electron chi connectivity index (χ4n) is 2.55. The predicted molar refractivity (Wildman–Crippen MR) is 85.3 cm³/mol. The minimum atomic E-state index is -0.298. The standard InChI is InChI=1S/C16H19N5O/c1-20(11-15(17)22)13-9-21(10-13)16-8-7-14(18-19-16)12-5-3-2-4-6-12/h2-8,13H,9-11H2,1H3,(H2,17,22). The zero-order valence-electron chi connectivity index (χ0n) is 12.5. The van der Waals surface area contributed by atoms with E-state index in [9.17, 15) is 4.79 Å². The number of likely N-dealkylation sites (N-methyl/N-ethyl adjacent to an activating group) is 1. The lowest BCUT2D eigenvalue weighted by molar-refractivity contribution is -0.119. The third-order valence-corrected chi connectivity index (χ3v) is 3.93. The summed E-state index contributed by atoms with van der Waals surface area (Å²) in [4.78, 5) is 15.0. The summed E-state index contributed by atoms with van der Waals surface area (Å²) in [7, 11) is 1.91. The summed E-state index contributed by atoms with van der Waals surface area (Å²) in [5.74, 6) is 0.566. The van der Waals surface area contributed by atoms with Crippen LogP contribution in [-0.2, 0) is 4.79 Å². The second-order valence-corrected chi connectivity index (χ2v) is 5.58. The highest BCUT2D eigenvalue weighted by Crippen LogP contribution is 2.22. The predicted octanol–water partition coefficient (Wildman–Crippen LogP) is 0.749. The Bertz CT molecular complexity index is 637. The van der Waals surface area contributed by atoms with Crippen molar-refractivity contribution in [3.05, 3.63) is 42.5 Å². The normalized spacial score (nSPS) is 14.9. The monoisotopic (exact) mass is 297 g/mol.